The van der Waals surface area contributed by atoms with Crippen molar-refractivity contribution in [3.63, 3.8) is 0 Å². The third-order valence-corrected chi connectivity index (χ3v) is 6.77. The molecule has 1 fully saturated rings. The summed E-state index contributed by atoms with van der Waals surface area (Å²) in [5, 5.41) is 22.8. The first-order chi connectivity index (χ1) is 17.4. The number of hydrogen-bond donors (Lipinski definition) is 1. The number of aliphatic hydroxyl groups excluding tert-OH is 1. The van der Waals surface area contributed by atoms with Gasteiger partial charge in [0.2, 0.25) is 0 Å². The van der Waals surface area contributed by atoms with E-state index in [0.717, 1.165) is 4.70 Å². The number of carbonyl (C=O) groups is 2. The van der Waals surface area contributed by atoms with E-state index in [4.69, 9.17) is 4.74 Å². The lowest BCUT2D eigenvalue weighted by Crippen LogP contribution is -2.29. The van der Waals surface area contributed by atoms with Crippen molar-refractivity contribution < 1.29 is 24.4 Å². The predicted molar refractivity (Wildman–Crippen MR) is 135 cm³/mol. The fraction of sp³-hybridized carbons (Fsp3) is 0.115. The Balaban J connectivity index is 1.72. The van der Waals surface area contributed by atoms with Crippen LogP contribution in [0.5, 0.6) is 5.75 Å². The first kappa shape index (κ1) is 23.2. The van der Waals surface area contributed by atoms with Crippen molar-refractivity contribution in [3.05, 3.63) is 99.6 Å². The summed E-state index contributed by atoms with van der Waals surface area (Å²) in [5.41, 5.74) is 0.873. The van der Waals surface area contributed by atoms with Gasteiger partial charge < -0.3 is 9.84 Å². The van der Waals surface area contributed by atoms with E-state index in [1.165, 1.54) is 34.4 Å². The van der Waals surface area contributed by atoms with Gasteiger partial charge in [-0.05, 0) is 30.7 Å². The van der Waals surface area contributed by atoms with Crippen LogP contribution in [-0.2, 0) is 9.59 Å². The standard InChI is InChI=1S/C26H19N3O6S/c1-2-35-18-11-12-19-20(14-18)36-26(27-19)28-22(16-9-6-10-17(13-16)29(33)34)21(24(31)25(28)32)23(30)15-7-4-3-5-8-15/h3-14,22,30H,2H2,1H3. The zero-order valence-corrected chi connectivity index (χ0v) is 19.8. The van der Waals surface area contributed by atoms with Crippen LogP contribution in [0.4, 0.5) is 10.8 Å². The van der Waals surface area contributed by atoms with Gasteiger partial charge in [-0.2, -0.15) is 0 Å². The Labute approximate surface area is 209 Å². The summed E-state index contributed by atoms with van der Waals surface area (Å²) in [6.07, 6.45) is 0. The number of non-ortho nitro benzene ring substituents is 1. The number of Topliss-reactive ketones (excluding diaryl/α,β-unsaturated/α-hetero) is 1. The molecule has 1 amide bonds. The van der Waals surface area contributed by atoms with Crippen LogP contribution in [0, 0.1) is 10.1 Å². The van der Waals surface area contributed by atoms with Crippen LogP contribution >= 0.6 is 11.3 Å². The molecule has 1 aliphatic rings. The molecule has 4 aromatic rings. The van der Waals surface area contributed by atoms with Crippen molar-refractivity contribution in [1.82, 2.24) is 4.98 Å². The van der Waals surface area contributed by atoms with Crippen LogP contribution in [0.1, 0.15) is 24.1 Å². The minimum Gasteiger partial charge on any atom is -0.507 e. The van der Waals surface area contributed by atoms with E-state index >= 15 is 0 Å². The van der Waals surface area contributed by atoms with E-state index in [9.17, 15) is 24.8 Å². The Kier molecular flexibility index (Phi) is 5.95. The lowest BCUT2D eigenvalue weighted by Gasteiger charge is -2.22. The summed E-state index contributed by atoms with van der Waals surface area (Å²) in [7, 11) is 0. The van der Waals surface area contributed by atoms with Crippen molar-refractivity contribution in [1.29, 1.82) is 0 Å². The molecule has 1 saturated heterocycles. The second kappa shape index (κ2) is 9.23. The number of ether oxygens (including phenoxy) is 1. The van der Waals surface area contributed by atoms with Gasteiger partial charge in [-0.15, -0.1) is 0 Å². The van der Waals surface area contributed by atoms with Crippen molar-refractivity contribution in [2.45, 2.75) is 13.0 Å². The number of ketones is 1. The SMILES string of the molecule is CCOc1ccc2nc(N3C(=O)C(=O)C(=C(O)c4ccccc4)C3c3cccc([N+](=O)[O-])c3)sc2c1. The molecule has 9 nitrogen and oxygen atoms in total. The minimum atomic E-state index is -1.11. The van der Waals surface area contributed by atoms with Crippen LogP contribution in [0.15, 0.2) is 78.4 Å². The number of nitro groups is 1. The van der Waals surface area contributed by atoms with Gasteiger partial charge in [0.15, 0.2) is 5.13 Å². The molecule has 180 valence electrons. The van der Waals surface area contributed by atoms with Gasteiger partial charge in [-0.1, -0.05) is 53.8 Å². The van der Waals surface area contributed by atoms with Crippen LogP contribution in [0.3, 0.4) is 0 Å². The molecule has 0 spiro atoms. The van der Waals surface area contributed by atoms with Crippen LogP contribution in [0.25, 0.3) is 16.0 Å². The van der Waals surface area contributed by atoms with E-state index < -0.39 is 22.7 Å². The molecular formula is C26H19N3O6S. The number of hydrogen-bond acceptors (Lipinski definition) is 8. The van der Waals surface area contributed by atoms with Gasteiger partial charge in [-0.25, -0.2) is 4.98 Å². The summed E-state index contributed by atoms with van der Waals surface area (Å²) in [6, 6.07) is 18.2. The summed E-state index contributed by atoms with van der Waals surface area (Å²) in [6.45, 7) is 2.35. The van der Waals surface area contributed by atoms with E-state index in [1.54, 1.807) is 54.6 Å². The maximum atomic E-state index is 13.3. The number of carbonyl (C=O) groups excluding carboxylic acids is 2. The molecule has 1 aromatic heterocycles. The zero-order valence-electron chi connectivity index (χ0n) is 19.0. The summed E-state index contributed by atoms with van der Waals surface area (Å²) in [5.74, 6) is -1.51. The van der Waals surface area contributed by atoms with Gasteiger partial charge >= 0.3 is 5.91 Å². The van der Waals surface area contributed by atoms with Crippen LogP contribution in [0.2, 0.25) is 0 Å². The molecule has 5 rings (SSSR count). The van der Waals surface area contributed by atoms with E-state index in [1.807, 2.05) is 6.92 Å². The molecule has 2 heterocycles. The molecule has 0 bridgehead atoms. The lowest BCUT2D eigenvalue weighted by molar-refractivity contribution is -0.384. The number of nitro benzene ring substituents is 1. The fourth-order valence-corrected chi connectivity index (χ4v) is 5.18. The fourth-order valence-electron chi connectivity index (χ4n) is 4.16. The zero-order chi connectivity index (χ0) is 25.4. The van der Waals surface area contributed by atoms with Crippen molar-refractivity contribution in [3.8, 4) is 5.75 Å². The quantitative estimate of drug-likeness (QED) is 0.126. The molecule has 1 aliphatic heterocycles. The molecule has 1 N–H and O–H groups in total. The number of rotatable bonds is 6. The molecule has 0 aliphatic carbocycles. The lowest BCUT2D eigenvalue weighted by atomic mass is 9.95. The van der Waals surface area contributed by atoms with Gasteiger partial charge in [0.25, 0.3) is 11.5 Å². The molecule has 3 aromatic carbocycles. The first-order valence-electron chi connectivity index (χ1n) is 11.0. The average Bonchev–Trinajstić information content (AvgIpc) is 3.42. The Morgan fingerprint density at radius 2 is 1.89 bits per heavy atom. The largest absolute Gasteiger partial charge is 0.507 e. The monoisotopic (exact) mass is 501 g/mol. The van der Waals surface area contributed by atoms with Crippen molar-refractivity contribution in [2.24, 2.45) is 0 Å². The molecule has 10 heteroatoms. The highest BCUT2D eigenvalue weighted by molar-refractivity contribution is 7.22. The third kappa shape index (κ3) is 3.97. The number of anilines is 1. The van der Waals surface area contributed by atoms with Crippen LogP contribution < -0.4 is 9.64 Å². The second-order valence-corrected chi connectivity index (χ2v) is 8.96. The van der Waals surface area contributed by atoms with Gasteiger partial charge in [0.05, 0.1) is 33.4 Å². The predicted octanol–water partition coefficient (Wildman–Crippen LogP) is 5.23. The molecule has 1 atom stereocenters. The molecular weight excluding hydrogens is 482 g/mol. The normalized spacial score (nSPS) is 17.0. The number of fused-ring (bicyclic) bond motifs is 1. The van der Waals surface area contributed by atoms with Crippen molar-refractivity contribution >= 4 is 49.8 Å². The maximum absolute atomic E-state index is 13.3. The Bertz CT molecular complexity index is 1550. The first-order valence-corrected chi connectivity index (χ1v) is 11.8. The molecule has 0 radical (unpaired) electrons. The smallest absolute Gasteiger partial charge is 0.301 e. The number of aromatic nitrogens is 1. The number of nitrogens with zero attached hydrogens (tertiary/aromatic N) is 3. The number of thiazole rings is 1. The summed E-state index contributed by atoms with van der Waals surface area (Å²) < 4.78 is 6.29. The van der Waals surface area contributed by atoms with Gasteiger partial charge in [0, 0.05) is 17.7 Å². The van der Waals surface area contributed by atoms with Gasteiger partial charge in [-0.3, -0.25) is 24.6 Å². The Morgan fingerprint density at radius 3 is 2.61 bits per heavy atom. The average molecular weight is 502 g/mol. The molecule has 0 saturated carbocycles. The van der Waals surface area contributed by atoms with E-state index in [2.05, 4.69) is 4.98 Å². The van der Waals surface area contributed by atoms with Crippen molar-refractivity contribution in [2.75, 3.05) is 11.5 Å². The number of aliphatic hydroxyl groups is 1. The van der Waals surface area contributed by atoms with E-state index in [-0.39, 0.29) is 22.2 Å². The topological polar surface area (TPSA) is 123 Å². The Morgan fingerprint density at radius 1 is 1.11 bits per heavy atom. The highest BCUT2D eigenvalue weighted by Crippen LogP contribution is 2.45. The van der Waals surface area contributed by atoms with E-state index in [0.29, 0.717) is 29.0 Å². The highest BCUT2D eigenvalue weighted by Gasteiger charge is 2.48. The molecule has 36 heavy (non-hydrogen) atoms. The third-order valence-electron chi connectivity index (χ3n) is 5.75. The van der Waals surface area contributed by atoms with Gasteiger partial charge in [0.1, 0.15) is 11.5 Å². The number of benzene rings is 3. The summed E-state index contributed by atoms with van der Waals surface area (Å²) >= 11 is 1.18. The summed E-state index contributed by atoms with van der Waals surface area (Å²) in [4.78, 5) is 43.3. The highest BCUT2D eigenvalue weighted by atomic mass is 32.1. The minimum absolute atomic E-state index is 0.166. The molecule has 1 unspecified atom stereocenters. The number of amides is 1. The van der Waals surface area contributed by atoms with Crippen LogP contribution in [-0.4, -0.2) is 33.3 Å². The second-order valence-electron chi connectivity index (χ2n) is 7.95. The maximum Gasteiger partial charge on any atom is 0.301 e. The Hall–Kier alpha value is -4.57.